The van der Waals surface area contributed by atoms with E-state index in [2.05, 4.69) is 54.3 Å². The molecule has 0 radical (unpaired) electrons. The van der Waals surface area contributed by atoms with Crippen LogP contribution in [-0.4, -0.2) is 56.1 Å². The number of rotatable bonds is 16. The lowest BCUT2D eigenvalue weighted by Gasteiger charge is -2.59. The van der Waals surface area contributed by atoms with Crippen molar-refractivity contribution in [2.24, 2.45) is 11.8 Å². The van der Waals surface area contributed by atoms with Crippen LogP contribution in [0.15, 0.2) is 48.5 Å². The van der Waals surface area contributed by atoms with Gasteiger partial charge < -0.3 is 29.2 Å². The summed E-state index contributed by atoms with van der Waals surface area (Å²) >= 11 is 0. The molecule has 2 aromatic rings. The van der Waals surface area contributed by atoms with Crippen LogP contribution in [0.5, 0.6) is 11.5 Å². The summed E-state index contributed by atoms with van der Waals surface area (Å²) in [4.78, 5) is 12.3. The molecule has 0 spiro atoms. The molecule has 1 aliphatic heterocycles. The van der Waals surface area contributed by atoms with Gasteiger partial charge in [0, 0.05) is 10.8 Å². The summed E-state index contributed by atoms with van der Waals surface area (Å²) in [6.07, 6.45) is 2.94. The number of carbonyl (C=O) groups is 1. The fourth-order valence-corrected chi connectivity index (χ4v) is 14.6. The molecule has 5 atom stereocenters. The zero-order valence-electron chi connectivity index (χ0n) is 27.5. The number of hydrogen-bond acceptors (Lipinski definition) is 7. The molecule has 240 valence electrons. The normalized spacial score (nSPS) is 22.8. The average Bonchev–Trinajstić information content (AvgIpc) is 2.92. The van der Waals surface area contributed by atoms with Crippen molar-refractivity contribution in [3.63, 3.8) is 0 Å². The van der Waals surface area contributed by atoms with Crippen LogP contribution in [0.2, 0.25) is 36.8 Å². The van der Waals surface area contributed by atoms with Gasteiger partial charge in [0.1, 0.15) is 11.5 Å². The molecule has 9 heteroatoms. The van der Waals surface area contributed by atoms with Crippen LogP contribution in [0, 0.1) is 11.8 Å². The van der Waals surface area contributed by atoms with E-state index in [0.717, 1.165) is 25.3 Å². The molecule has 1 saturated heterocycles. The summed E-state index contributed by atoms with van der Waals surface area (Å²) in [5.74, 6) is 0.806. The number of phenols is 2. The summed E-state index contributed by atoms with van der Waals surface area (Å²) in [7, 11) is -3.79. The van der Waals surface area contributed by atoms with Gasteiger partial charge in [0.15, 0.2) is 14.6 Å². The van der Waals surface area contributed by atoms with E-state index >= 15 is 0 Å². The predicted molar refractivity (Wildman–Crippen MR) is 176 cm³/mol. The average molecular weight is 631 g/mol. The fraction of sp³-hybridized carbons (Fsp3) is 0.618. The third-order valence-corrected chi connectivity index (χ3v) is 20.7. The molecule has 0 amide bonds. The summed E-state index contributed by atoms with van der Waals surface area (Å²) in [6, 6.07) is 14.9. The van der Waals surface area contributed by atoms with Gasteiger partial charge in [-0.1, -0.05) is 52.0 Å². The first-order valence-electron chi connectivity index (χ1n) is 15.7. The number of ether oxygens (including phenoxy) is 2. The number of benzene rings is 2. The lowest BCUT2D eigenvalue weighted by Crippen LogP contribution is -2.64. The lowest BCUT2D eigenvalue weighted by molar-refractivity contribution is -0.105. The Morgan fingerprint density at radius 3 is 2.09 bits per heavy atom. The Hall–Kier alpha value is -2.18. The molecule has 0 aliphatic carbocycles. The molecule has 0 bridgehead atoms. The number of hydrogen-bond donors (Lipinski definition) is 3. The predicted octanol–water partition coefficient (Wildman–Crippen LogP) is 8.19. The first-order chi connectivity index (χ1) is 20.0. The Morgan fingerprint density at radius 2 is 1.53 bits per heavy atom. The molecule has 5 unspecified atom stereocenters. The maximum Gasteiger partial charge on any atom is 0.338 e. The van der Waals surface area contributed by atoms with E-state index in [0.29, 0.717) is 36.2 Å². The van der Waals surface area contributed by atoms with Gasteiger partial charge in [0.2, 0.25) is 0 Å². The van der Waals surface area contributed by atoms with Crippen molar-refractivity contribution in [2.75, 3.05) is 13.2 Å². The van der Waals surface area contributed by atoms with Gasteiger partial charge >= 0.3 is 5.97 Å². The van der Waals surface area contributed by atoms with Crippen LogP contribution in [-0.2, 0) is 13.9 Å². The van der Waals surface area contributed by atoms with Crippen molar-refractivity contribution in [3.05, 3.63) is 59.7 Å². The lowest BCUT2D eigenvalue weighted by atomic mass is 9.91. The molecule has 1 aliphatic rings. The molecule has 2 aromatic carbocycles. The molecule has 3 rings (SSSR count). The van der Waals surface area contributed by atoms with E-state index in [9.17, 15) is 20.1 Å². The van der Waals surface area contributed by atoms with Gasteiger partial charge in [0.05, 0.1) is 26.9 Å². The van der Waals surface area contributed by atoms with Gasteiger partial charge in [-0.3, -0.25) is 0 Å². The third-order valence-electron chi connectivity index (χ3n) is 10.2. The molecule has 1 fully saturated rings. The van der Waals surface area contributed by atoms with E-state index in [1.54, 1.807) is 36.4 Å². The van der Waals surface area contributed by atoms with E-state index < -0.39 is 22.7 Å². The van der Waals surface area contributed by atoms with Gasteiger partial charge in [-0.15, -0.1) is 0 Å². The van der Waals surface area contributed by atoms with Crippen LogP contribution >= 0.6 is 0 Å². The Balaban J connectivity index is 1.47. The number of aliphatic hydroxyl groups excluding tert-OH is 1. The Kier molecular flexibility index (Phi) is 11.7. The highest BCUT2D eigenvalue weighted by atomic mass is 28.4. The monoisotopic (exact) mass is 630 g/mol. The van der Waals surface area contributed by atoms with E-state index in [1.165, 1.54) is 24.6 Å². The molecule has 1 heterocycles. The molecule has 7 nitrogen and oxygen atoms in total. The van der Waals surface area contributed by atoms with Gasteiger partial charge in [-0.2, -0.15) is 0 Å². The highest BCUT2D eigenvalue weighted by Gasteiger charge is 2.60. The standard InChI is InChI=1S/C34H54O7Si2/c1-25(17-20-39-31(37)27-9-13-29(35)14-10-27)23-34(5)19-22-43(34,8)41-33(3,4)42(6,7)24-26(2)18-21-40-32(38)28-11-15-30(36)16-12-28/h9-16,25-26,32,35-36,38H,17-24H2,1-8H3. The second-order valence-corrected chi connectivity index (χ2v) is 24.2. The fourth-order valence-electron chi connectivity index (χ4n) is 6.34. The van der Waals surface area contributed by atoms with Crippen molar-refractivity contribution in [1.29, 1.82) is 0 Å². The summed E-state index contributed by atoms with van der Waals surface area (Å²) in [6.45, 7) is 19.7. The molecular formula is C34H54O7Si2. The maximum absolute atomic E-state index is 12.3. The number of aromatic hydroxyl groups is 2. The first-order valence-corrected chi connectivity index (χ1v) is 21.5. The van der Waals surface area contributed by atoms with Crippen LogP contribution in [0.4, 0.5) is 0 Å². The number of phenolic OH excluding ortho intramolecular Hbond substituents is 2. The molecule has 3 N–H and O–H groups in total. The van der Waals surface area contributed by atoms with Crippen molar-refractivity contribution < 1.29 is 34.0 Å². The SMILES string of the molecule is CC(CCOC(=O)c1ccc(O)cc1)CC1(C)CC[Si]1(C)OC(C)(C)[Si](C)(C)CC(C)CCOC(O)c1ccc(O)cc1. The van der Waals surface area contributed by atoms with Crippen LogP contribution in [0.25, 0.3) is 0 Å². The minimum absolute atomic E-state index is 0.130. The van der Waals surface area contributed by atoms with E-state index in [-0.39, 0.29) is 27.7 Å². The van der Waals surface area contributed by atoms with Crippen molar-refractivity contribution in [1.82, 2.24) is 0 Å². The van der Waals surface area contributed by atoms with Gasteiger partial charge in [-0.05, 0) is 105 Å². The quantitative estimate of drug-likeness (QED) is 0.0976. The maximum atomic E-state index is 12.3. The van der Waals surface area contributed by atoms with Crippen molar-refractivity contribution >= 4 is 22.4 Å². The number of carbonyl (C=O) groups excluding carboxylic acids is 1. The first kappa shape index (κ1) is 35.3. The highest BCUT2D eigenvalue weighted by molar-refractivity contribution is 6.83. The zero-order chi connectivity index (χ0) is 32.1. The van der Waals surface area contributed by atoms with Crippen molar-refractivity contribution in [3.8, 4) is 11.5 Å². The number of esters is 1. The smallest absolute Gasteiger partial charge is 0.338 e. The van der Waals surface area contributed by atoms with E-state index in [4.69, 9.17) is 13.9 Å². The largest absolute Gasteiger partial charge is 0.508 e. The van der Waals surface area contributed by atoms with E-state index in [1.807, 2.05) is 0 Å². The Labute approximate surface area is 260 Å². The third kappa shape index (κ3) is 9.17. The van der Waals surface area contributed by atoms with Crippen LogP contribution < -0.4 is 0 Å². The molecule has 0 saturated carbocycles. The minimum Gasteiger partial charge on any atom is -0.508 e. The number of aliphatic hydroxyl groups is 1. The summed E-state index contributed by atoms with van der Waals surface area (Å²) < 4.78 is 18.5. The minimum atomic E-state index is -1.98. The molecular weight excluding hydrogens is 577 g/mol. The van der Waals surface area contributed by atoms with Crippen LogP contribution in [0.3, 0.4) is 0 Å². The Morgan fingerprint density at radius 1 is 0.977 bits per heavy atom. The second-order valence-electron chi connectivity index (χ2n) is 14.5. The molecule has 43 heavy (non-hydrogen) atoms. The second kappa shape index (κ2) is 14.3. The molecule has 0 aromatic heterocycles. The Bertz CT molecular complexity index is 1180. The summed E-state index contributed by atoms with van der Waals surface area (Å²) in [5.41, 5.74) is 1.09. The summed E-state index contributed by atoms with van der Waals surface area (Å²) in [5, 5.41) is 29.3. The topological polar surface area (TPSA) is 105 Å². The highest BCUT2D eigenvalue weighted by Crippen LogP contribution is 2.61. The van der Waals surface area contributed by atoms with Gasteiger partial charge in [0.25, 0.3) is 0 Å². The zero-order valence-corrected chi connectivity index (χ0v) is 29.5. The van der Waals surface area contributed by atoms with Gasteiger partial charge in [-0.25, -0.2) is 4.79 Å². The van der Waals surface area contributed by atoms with Crippen LogP contribution in [0.1, 0.15) is 82.5 Å². The van der Waals surface area contributed by atoms with Crippen molar-refractivity contribution in [2.45, 2.75) is 109 Å².